The van der Waals surface area contributed by atoms with Crippen LogP contribution in [0.2, 0.25) is 0 Å². The molecule has 0 bridgehead atoms. The molecular weight excluding hydrogens is 321 g/mol. The van der Waals surface area contributed by atoms with Crippen molar-refractivity contribution in [3.63, 3.8) is 0 Å². The predicted molar refractivity (Wildman–Crippen MR) is 92.2 cm³/mol. The second kappa shape index (κ2) is 7.56. The predicted octanol–water partition coefficient (Wildman–Crippen LogP) is 4.40. The van der Waals surface area contributed by atoms with Crippen LogP contribution in [-0.4, -0.2) is 16.8 Å². The second-order valence-corrected chi connectivity index (χ2v) is 5.92. The number of ether oxygens (including phenoxy) is 1. The highest BCUT2D eigenvalue weighted by Crippen LogP contribution is 2.36. The van der Waals surface area contributed by atoms with Crippen molar-refractivity contribution in [2.75, 3.05) is 11.5 Å². The number of carbonyl (C=O) groups is 1. The molecule has 0 aliphatic carbocycles. The summed E-state index contributed by atoms with van der Waals surface area (Å²) in [5.74, 6) is 0.0362. The number of thiocarbonyl (C=S) groups is 1. The number of halogens is 1. The van der Waals surface area contributed by atoms with E-state index >= 15 is 0 Å². The van der Waals surface area contributed by atoms with E-state index in [1.807, 2.05) is 19.9 Å². The van der Waals surface area contributed by atoms with Crippen LogP contribution in [0.4, 0.5) is 10.1 Å². The zero-order valence-electron chi connectivity index (χ0n) is 12.3. The van der Waals surface area contributed by atoms with Crippen LogP contribution in [0.5, 0.6) is 0 Å². The number of rotatable bonds is 2. The van der Waals surface area contributed by atoms with Gasteiger partial charge in [-0.15, -0.1) is 0 Å². The molecule has 2 aliphatic heterocycles. The highest BCUT2D eigenvalue weighted by atomic mass is 32.2. The maximum absolute atomic E-state index is 13.3. The van der Waals surface area contributed by atoms with Crippen LogP contribution in [0.25, 0.3) is 0 Å². The lowest BCUT2D eigenvalue weighted by Gasteiger charge is -2.14. The van der Waals surface area contributed by atoms with Crippen molar-refractivity contribution in [1.29, 1.82) is 0 Å². The monoisotopic (exact) mass is 337 g/mol. The highest BCUT2D eigenvalue weighted by molar-refractivity contribution is 8.27. The Morgan fingerprint density at radius 1 is 1.41 bits per heavy atom. The van der Waals surface area contributed by atoms with Gasteiger partial charge in [-0.3, -0.25) is 9.69 Å². The Labute approximate surface area is 138 Å². The largest absolute Gasteiger partial charge is 0.494 e. The van der Waals surface area contributed by atoms with E-state index in [1.54, 1.807) is 18.2 Å². The number of benzene rings is 1. The van der Waals surface area contributed by atoms with Gasteiger partial charge >= 0.3 is 0 Å². The van der Waals surface area contributed by atoms with Gasteiger partial charge in [-0.2, -0.15) is 0 Å². The van der Waals surface area contributed by atoms with Crippen LogP contribution in [-0.2, 0) is 9.53 Å². The first-order valence-electron chi connectivity index (χ1n) is 7.01. The molecule has 1 aromatic carbocycles. The second-order valence-electron chi connectivity index (χ2n) is 4.24. The quantitative estimate of drug-likeness (QED) is 0.591. The molecule has 3 nitrogen and oxygen atoms in total. The highest BCUT2D eigenvalue weighted by Gasteiger charge is 2.33. The number of allylic oxidation sites excluding steroid dienone is 1. The van der Waals surface area contributed by atoms with Crippen molar-refractivity contribution >= 4 is 39.9 Å². The lowest BCUT2D eigenvalue weighted by molar-refractivity contribution is -0.113. The molecule has 0 aromatic heterocycles. The minimum absolute atomic E-state index is 0.248. The summed E-state index contributed by atoms with van der Waals surface area (Å²) in [6, 6.07) is 5.82. The molecule has 116 valence electrons. The summed E-state index contributed by atoms with van der Waals surface area (Å²) in [5, 5.41) is 0. The Hall–Kier alpha value is -1.66. The molecule has 2 aliphatic rings. The smallest absolute Gasteiger partial charge is 0.270 e. The van der Waals surface area contributed by atoms with E-state index in [9.17, 15) is 9.18 Å². The van der Waals surface area contributed by atoms with Crippen molar-refractivity contribution < 1.29 is 13.9 Å². The number of hydrogen-bond donors (Lipinski definition) is 0. The standard InChI is InChI=1S/C14H10FNO2S2.C2H6/c15-9-3-1-4-10(7-9)16-13(17)12(20-14(16)19)8-11-5-2-6-18-11;1-2/h1,3-5,7-8H,2,6H2;1-2H3/b12-8+;. The fraction of sp³-hybridized carbons (Fsp3) is 0.250. The zero-order chi connectivity index (χ0) is 16.1. The fourth-order valence-electron chi connectivity index (χ4n) is 1.97. The first-order chi connectivity index (χ1) is 10.6. The number of amides is 1. The number of carbonyl (C=O) groups excluding carboxylic acids is 1. The zero-order valence-corrected chi connectivity index (χ0v) is 14.0. The Bertz CT molecular complexity index is 655. The number of hydrogen-bond acceptors (Lipinski definition) is 4. The molecule has 22 heavy (non-hydrogen) atoms. The van der Waals surface area contributed by atoms with Crippen LogP contribution in [0.3, 0.4) is 0 Å². The van der Waals surface area contributed by atoms with Gasteiger partial charge < -0.3 is 4.74 Å². The molecular formula is C16H16FNO2S2. The summed E-state index contributed by atoms with van der Waals surface area (Å²) < 4.78 is 19.0. The third kappa shape index (κ3) is 3.56. The SMILES string of the molecule is CC.O=C1/C(=C\C2=CCCO2)SC(=S)N1c1cccc(F)c1. The van der Waals surface area contributed by atoms with Crippen LogP contribution >= 0.6 is 24.0 Å². The number of nitrogens with zero attached hydrogens (tertiary/aromatic N) is 1. The van der Waals surface area contributed by atoms with E-state index in [2.05, 4.69) is 0 Å². The normalized spacial score (nSPS) is 19.0. The maximum Gasteiger partial charge on any atom is 0.270 e. The van der Waals surface area contributed by atoms with Gasteiger partial charge in [0.15, 0.2) is 4.32 Å². The van der Waals surface area contributed by atoms with Gasteiger partial charge in [0, 0.05) is 6.42 Å². The topological polar surface area (TPSA) is 29.5 Å². The summed E-state index contributed by atoms with van der Waals surface area (Å²) in [6.45, 7) is 4.63. The van der Waals surface area contributed by atoms with Crippen LogP contribution in [0.1, 0.15) is 20.3 Å². The minimum Gasteiger partial charge on any atom is -0.494 e. The van der Waals surface area contributed by atoms with E-state index in [0.29, 0.717) is 27.3 Å². The van der Waals surface area contributed by atoms with E-state index in [-0.39, 0.29) is 5.91 Å². The number of anilines is 1. The van der Waals surface area contributed by atoms with Crippen molar-refractivity contribution in [2.45, 2.75) is 20.3 Å². The minimum atomic E-state index is -0.401. The van der Waals surface area contributed by atoms with Gasteiger partial charge in [-0.1, -0.05) is 43.9 Å². The van der Waals surface area contributed by atoms with Gasteiger partial charge in [0.1, 0.15) is 11.6 Å². The van der Waals surface area contributed by atoms with Gasteiger partial charge in [0.2, 0.25) is 0 Å². The van der Waals surface area contributed by atoms with Crippen molar-refractivity contribution in [1.82, 2.24) is 0 Å². The summed E-state index contributed by atoms with van der Waals surface area (Å²) in [6.07, 6.45) is 4.45. The Morgan fingerprint density at radius 3 is 2.82 bits per heavy atom. The van der Waals surface area contributed by atoms with Gasteiger partial charge in [-0.25, -0.2) is 4.39 Å². The lowest BCUT2D eigenvalue weighted by atomic mass is 10.2. The Morgan fingerprint density at radius 2 is 2.18 bits per heavy atom. The van der Waals surface area contributed by atoms with Crippen LogP contribution < -0.4 is 4.90 Å². The summed E-state index contributed by atoms with van der Waals surface area (Å²) in [5.41, 5.74) is 0.442. The summed E-state index contributed by atoms with van der Waals surface area (Å²) in [7, 11) is 0. The molecule has 2 heterocycles. The molecule has 0 N–H and O–H groups in total. The van der Waals surface area contributed by atoms with E-state index in [4.69, 9.17) is 17.0 Å². The first kappa shape index (κ1) is 16.7. The number of thioether (sulfide) groups is 1. The van der Waals surface area contributed by atoms with E-state index in [0.717, 1.165) is 6.42 Å². The molecule has 0 unspecified atom stereocenters. The third-order valence-corrected chi connectivity index (χ3v) is 4.17. The van der Waals surface area contributed by atoms with Gasteiger partial charge in [0.05, 0.1) is 17.2 Å². The van der Waals surface area contributed by atoms with Gasteiger partial charge in [0.25, 0.3) is 5.91 Å². The lowest BCUT2D eigenvalue weighted by Crippen LogP contribution is -2.27. The third-order valence-electron chi connectivity index (χ3n) is 2.87. The fourth-order valence-corrected chi connectivity index (χ4v) is 3.25. The van der Waals surface area contributed by atoms with Crippen LogP contribution in [0.15, 0.2) is 47.1 Å². The summed E-state index contributed by atoms with van der Waals surface area (Å²) >= 11 is 6.40. The van der Waals surface area contributed by atoms with Crippen molar-refractivity contribution in [3.05, 3.63) is 52.9 Å². The van der Waals surface area contributed by atoms with Crippen LogP contribution in [0, 0.1) is 5.82 Å². The molecule has 1 amide bonds. The Kier molecular flexibility index (Phi) is 5.74. The van der Waals surface area contributed by atoms with E-state index in [1.165, 1.54) is 28.8 Å². The molecule has 0 atom stereocenters. The summed E-state index contributed by atoms with van der Waals surface area (Å²) in [4.78, 5) is 14.2. The average molecular weight is 337 g/mol. The maximum atomic E-state index is 13.3. The molecule has 1 fully saturated rings. The molecule has 1 saturated heterocycles. The molecule has 0 spiro atoms. The molecule has 0 radical (unpaired) electrons. The average Bonchev–Trinajstić information content (AvgIpc) is 3.11. The molecule has 1 aromatic rings. The van der Waals surface area contributed by atoms with Gasteiger partial charge in [-0.05, 0) is 30.4 Å². The Balaban J connectivity index is 0.000000847. The van der Waals surface area contributed by atoms with E-state index < -0.39 is 5.82 Å². The molecule has 3 rings (SSSR count). The molecule has 0 saturated carbocycles. The van der Waals surface area contributed by atoms with Crippen molar-refractivity contribution in [3.8, 4) is 0 Å². The molecule has 6 heteroatoms. The first-order valence-corrected chi connectivity index (χ1v) is 8.24. The van der Waals surface area contributed by atoms with Crippen molar-refractivity contribution in [2.24, 2.45) is 0 Å².